The van der Waals surface area contributed by atoms with E-state index in [0.29, 0.717) is 37.3 Å². The highest BCUT2D eigenvalue weighted by molar-refractivity contribution is 6.00. The number of nitrogens with zero attached hydrogens (tertiary/aromatic N) is 2. The highest BCUT2D eigenvalue weighted by atomic mass is 19.4. The van der Waals surface area contributed by atoms with Crippen molar-refractivity contribution < 1.29 is 27.5 Å². The van der Waals surface area contributed by atoms with E-state index in [2.05, 4.69) is 4.98 Å². The second kappa shape index (κ2) is 8.63. The molecule has 0 amide bonds. The summed E-state index contributed by atoms with van der Waals surface area (Å²) in [7, 11) is 0. The van der Waals surface area contributed by atoms with Gasteiger partial charge in [-0.25, -0.2) is 4.98 Å². The quantitative estimate of drug-likeness (QED) is 0.552. The maximum atomic E-state index is 12.6. The maximum Gasteiger partial charge on any atom is 0.417 e. The molecule has 3 rings (SSSR count). The molecule has 0 unspecified atom stereocenters. The zero-order valence-electron chi connectivity index (χ0n) is 15.9. The van der Waals surface area contributed by atoms with E-state index >= 15 is 0 Å². The molecule has 1 fully saturated rings. The van der Waals surface area contributed by atoms with Crippen LogP contribution in [0.25, 0.3) is 0 Å². The second-order valence-corrected chi connectivity index (χ2v) is 6.97. The average Bonchev–Trinajstić information content (AvgIpc) is 2.73. The molecule has 0 N–H and O–H groups in total. The maximum absolute atomic E-state index is 12.6. The highest BCUT2D eigenvalue weighted by Crippen LogP contribution is 2.30. The molecule has 2 aromatic rings. The van der Waals surface area contributed by atoms with Crippen molar-refractivity contribution in [3.8, 4) is 0 Å². The van der Waals surface area contributed by atoms with Crippen molar-refractivity contribution in [1.29, 1.82) is 0 Å². The van der Waals surface area contributed by atoms with Crippen molar-refractivity contribution in [1.82, 2.24) is 4.98 Å². The number of piperidine rings is 1. The molecule has 0 radical (unpaired) electrons. The number of aromatic nitrogens is 1. The van der Waals surface area contributed by atoms with Gasteiger partial charge in [-0.1, -0.05) is 30.3 Å². The summed E-state index contributed by atoms with van der Waals surface area (Å²) in [6.45, 7) is 2.49. The van der Waals surface area contributed by atoms with E-state index in [-0.39, 0.29) is 11.7 Å². The number of ketones is 1. The molecule has 1 saturated heterocycles. The number of ether oxygens (including phenoxy) is 1. The highest BCUT2D eigenvalue weighted by Gasteiger charge is 2.32. The Kier molecular flexibility index (Phi) is 6.20. The van der Waals surface area contributed by atoms with Crippen molar-refractivity contribution in [2.45, 2.75) is 32.0 Å². The average molecular weight is 406 g/mol. The van der Waals surface area contributed by atoms with Gasteiger partial charge in [-0.05, 0) is 31.9 Å². The van der Waals surface area contributed by atoms with E-state index in [1.165, 1.54) is 6.07 Å². The van der Waals surface area contributed by atoms with Crippen LogP contribution in [0.3, 0.4) is 0 Å². The van der Waals surface area contributed by atoms with Gasteiger partial charge in [0.1, 0.15) is 5.82 Å². The zero-order valence-corrected chi connectivity index (χ0v) is 15.9. The van der Waals surface area contributed by atoms with Crippen LogP contribution in [0.5, 0.6) is 0 Å². The Morgan fingerprint density at radius 2 is 1.76 bits per heavy atom. The molecule has 2 heterocycles. The van der Waals surface area contributed by atoms with Crippen LogP contribution in [-0.2, 0) is 15.7 Å². The Labute approximate surface area is 166 Å². The standard InChI is InChI=1S/C21H21F3N2O3/c1-14(19(27)15-5-3-2-4-6-15)29-20(28)16-9-11-26(12-10-16)18-8-7-17(13-25-18)21(22,23)24/h2-8,13-14,16H,9-12H2,1H3/t14-/m1/s1. The molecular formula is C21H21F3N2O3. The number of alkyl halides is 3. The summed E-state index contributed by atoms with van der Waals surface area (Å²) in [5.74, 6) is -0.601. The molecule has 154 valence electrons. The van der Waals surface area contributed by atoms with Crippen LogP contribution >= 0.6 is 0 Å². The minimum atomic E-state index is -4.42. The number of hydrogen-bond acceptors (Lipinski definition) is 5. The lowest BCUT2D eigenvalue weighted by Crippen LogP contribution is -2.38. The smallest absolute Gasteiger partial charge is 0.417 e. The molecule has 5 nitrogen and oxygen atoms in total. The van der Waals surface area contributed by atoms with Gasteiger partial charge in [0.05, 0.1) is 11.5 Å². The van der Waals surface area contributed by atoms with Crippen LogP contribution in [0.1, 0.15) is 35.7 Å². The van der Waals surface area contributed by atoms with E-state index < -0.39 is 23.8 Å². The van der Waals surface area contributed by atoms with Crippen LogP contribution in [-0.4, -0.2) is 35.9 Å². The number of esters is 1. The first kappa shape index (κ1) is 20.8. The molecule has 1 aromatic carbocycles. The molecule has 0 bridgehead atoms. The van der Waals surface area contributed by atoms with Crippen LogP contribution in [0.2, 0.25) is 0 Å². The first-order valence-electron chi connectivity index (χ1n) is 9.33. The summed E-state index contributed by atoms with van der Waals surface area (Å²) >= 11 is 0. The summed E-state index contributed by atoms with van der Waals surface area (Å²) < 4.78 is 43.3. The lowest BCUT2D eigenvalue weighted by Gasteiger charge is -2.32. The minimum Gasteiger partial charge on any atom is -0.454 e. The number of pyridine rings is 1. The van der Waals surface area contributed by atoms with E-state index in [9.17, 15) is 22.8 Å². The van der Waals surface area contributed by atoms with Gasteiger partial charge in [-0.3, -0.25) is 9.59 Å². The van der Waals surface area contributed by atoms with Gasteiger partial charge in [0.25, 0.3) is 0 Å². The number of carbonyl (C=O) groups is 2. The number of Topliss-reactive ketones (excluding diaryl/α,β-unsaturated/α-hetero) is 1. The summed E-state index contributed by atoms with van der Waals surface area (Å²) in [6.07, 6.45) is -3.52. The number of carbonyl (C=O) groups excluding carboxylic acids is 2. The van der Waals surface area contributed by atoms with Crippen LogP contribution in [0.15, 0.2) is 48.7 Å². The van der Waals surface area contributed by atoms with Crippen molar-refractivity contribution in [3.63, 3.8) is 0 Å². The lowest BCUT2D eigenvalue weighted by molar-refractivity contribution is -0.152. The van der Waals surface area contributed by atoms with Gasteiger partial charge < -0.3 is 9.64 Å². The predicted molar refractivity (Wildman–Crippen MR) is 101 cm³/mol. The van der Waals surface area contributed by atoms with Gasteiger partial charge >= 0.3 is 12.1 Å². The summed E-state index contributed by atoms with van der Waals surface area (Å²) in [5.41, 5.74) is -0.312. The van der Waals surface area contributed by atoms with Gasteiger partial charge in [0.2, 0.25) is 5.78 Å². The largest absolute Gasteiger partial charge is 0.454 e. The Bertz CT molecular complexity index is 846. The molecule has 8 heteroatoms. The number of hydrogen-bond donors (Lipinski definition) is 0. The zero-order chi connectivity index (χ0) is 21.0. The second-order valence-electron chi connectivity index (χ2n) is 6.97. The normalized spacial score (nSPS) is 16.3. The first-order chi connectivity index (χ1) is 13.8. The van der Waals surface area contributed by atoms with E-state index in [1.807, 2.05) is 4.90 Å². The van der Waals surface area contributed by atoms with Crippen molar-refractivity contribution >= 4 is 17.6 Å². The fraction of sp³-hybridized carbons (Fsp3) is 0.381. The topological polar surface area (TPSA) is 59.5 Å². The molecule has 0 spiro atoms. The predicted octanol–water partition coefficient (Wildman–Crippen LogP) is 4.13. The monoisotopic (exact) mass is 406 g/mol. The SMILES string of the molecule is C[C@@H](OC(=O)C1CCN(c2ccc(C(F)(F)F)cn2)CC1)C(=O)c1ccccc1. The van der Waals surface area contributed by atoms with Gasteiger partial charge in [0, 0.05) is 24.8 Å². The van der Waals surface area contributed by atoms with Crippen LogP contribution in [0, 0.1) is 5.92 Å². The van der Waals surface area contributed by atoms with Crippen LogP contribution in [0.4, 0.5) is 19.0 Å². The molecule has 1 aromatic heterocycles. The fourth-order valence-electron chi connectivity index (χ4n) is 3.25. The van der Waals surface area contributed by atoms with Gasteiger partial charge in [-0.15, -0.1) is 0 Å². The van der Waals surface area contributed by atoms with Gasteiger partial charge in [0.15, 0.2) is 6.10 Å². The Hall–Kier alpha value is -2.90. The summed E-state index contributed by atoms with van der Waals surface area (Å²) in [5, 5.41) is 0. The molecule has 1 aliphatic rings. The molecular weight excluding hydrogens is 385 g/mol. The van der Waals surface area contributed by atoms with Crippen molar-refractivity contribution in [2.24, 2.45) is 5.92 Å². The fourth-order valence-corrected chi connectivity index (χ4v) is 3.25. The van der Waals surface area contributed by atoms with E-state index in [4.69, 9.17) is 4.74 Å². The van der Waals surface area contributed by atoms with Crippen molar-refractivity contribution in [3.05, 3.63) is 59.8 Å². The molecule has 1 aliphatic heterocycles. The minimum absolute atomic E-state index is 0.259. The summed E-state index contributed by atoms with van der Waals surface area (Å²) in [4.78, 5) is 30.5. The van der Waals surface area contributed by atoms with Gasteiger partial charge in [-0.2, -0.15) is 13.2 Å². The van der Waals surface area contributed by atoms with Crippen LogP contribution < -0.4 is 4.90 Å². The molecule has 1 atom stereocenters. The molecule has 0 aliphatic carbocycles. The number of halogens is 3. The lowest BCUT2D eigenvalue weighted by atomic mass is 9.96. The third kappa shape index (κ3) is 5.13. The van der Waals surface area contributed by atoms with E-state index in [0.717, 1.165) is 12.3 Å². The molecule has 0 saturated carbocycles. The number of benzene rings is 1. The molecule has 29 heavy (non-hydrogen) atoms. The third-order valence-electron chi connectivity index (χ3n) is 4.95. The number of rotatable bonds is 5. The first-order valence-corrected chi connectivity index (χ1v) is 9.33. The Balaban J connectivity index is 1.52. The Morgan fingerprint density at radius 1 is 1.10 bits per heavy atom. The number of anilines is 1. The summed E-state index contributed by atoms with van der Waals surface area (Å²) in [6, 6.07) is 11.0. The van der Waals surface area contributed by atoms with Crippen molar-refractivity contribution in [2.75, 3.05) is 18.0 Å². The Morgan fingerprint density at radius 3 is 2.31 bits per heavy atom. The third-order valence-corrected chi connectivity index (χ3v) is 4.95. The van der Waals surface area contributed by atoms with E-state index in [1.54, 1.807) is 37.3 Å².